The van der Waals surface area contributed by atoms with Gasteiger partial charge in [-0.15, -0.1) is 0 Å². The van der Waals surface area contributed by atoms with Gasteiger partial charge in [0.25, 0.3) is 0 Å². The predicted octanol–water partition coefficient (Wildman–Crippen LogP) is 1.07. The molecule has 17 heavy (non-hydrogen) atoms. The maximum atomic E-state index is 11.0. The zero-order valence-electron chi connectivity index (χ0n) is 9.29. The SMILES string of the molecule is O=C(O)C1=CC2=C(NC1)c1cn[nH]c1CCC2. The van der Waals surface area contributed by atoms with Crippen molar-refractivity contribution in [2.24, 2.45) is 0 Å². The molecule has 0 bridgehead atoms. The summed E-state index contributed by atoms with van der Waals surface area (Å²) >= 11 is 0. The van der Waals surface area contributed by atoms with Crippen LogP contribution >= 0.6 is 0 Å². The molecule has 0 amide bonds. The largest absolute Gasteiger partial charge is 0.478 e. The van der Waals surface area contributed by atoms with Crippen molar-refractivity contribution in [3.8, 4) is 0 Å². The molecule has 0 saturated heterocycles. The number of rotatable bonds is 1. The molecule has 0 saturated carbocycles. The highest BCUT2D eigenvalue weighted by Crippen LogP contribution is 2.30. The van der Waals surface area contributed by atoms with Crippen LogP contribution in [0.4, 0.5) is 0 Å². The smallest absolute Gasteiger partial charge is 0.333 e. The second kappa shape index (κ2) is 3.76. The summed E-state index contributed by atoms with van der Waals surface area (Å²) in [7, 11) is 0. The summed E-state index contributed by atoms with van der Waals surface area (Å²) in [6.45, 7) is 0.374. The summed E-state index contributed by atoms with van der Waals surface area (Å²) in [5.41, 5.74) is 4.76. The molecule has 1 aliphatic heterocycles. The van der Waals surface area contributed by atoms with E-state index in [4.69, 9.17) is 5.11 Å². The molecule has 88 valence electrons. The van der Waals surface area contributed by atoms with Crippen LogP contribution < -0.4 is 5.32 Å². The molecule has 5 heteroatoms. The average Bonchev–Trinajstić information content (AvgIpc) is 2.71. The highest BCUT2D eigenvalue weighted by atomic mass is 16.4. The Morgan fingerprint density at radius 3 is 3.12 bits per heavy atom. The van der Waals surface area contributed by atoms with Crippen LogP contribution in [0.5, 0.6) is 0 Å². The van der Waals surface area contributed by atoms with Crippen LogP contribution in [0, 0.1) is 0 Å². The monoisotopic (exact) mass is 231 g/mol. The number of hydrogen-bond acceptors (Lipinski definition) is 3. The van der Waals surface area contributed by atoms with E-state index >= 15 is 0 Å². The van der Waals surface area contributed by atoms with Gasteiger partial charge < -0.3 is 10.4 Å². The molecule has 0 aromatic carbocycles. The number of aryl methyl sites for hydroxylation is 1. The van der Waals surface area contributed by atoms with Gasteiger partial charge in [0.15, 0.2) is 0 Å². The molecule has 0 atom stereocenters. The summed E-state index contributed by atoms with van der Waals surface area (Å²) < 4.78 is 0. The number of nitrogens with zero attached hydrogens (tertiary/aromatic N) is 1. The Balaban J connectivity index is 2.09. The van der Waals surface area contributed by atoms with E-state index in [-0.39, 0.29) is 0 Å². The second-order valence-electron chi connectivity index (χ2n) is 4.34. The van der Waals surface area contributed by atoms with Crippen LogP contribution in [0.1, 0.15) is 24.1 Å². The molecule has 0 spiro atoms. The fourth-order valence-corrected chi connectivity index (χ4v) is 2.41. The highest BCUT2D eigenvalue weighted by molar-refractivity contribution is 5.90. The lowest BCUT2D eigenvalue weighted by Crippen LogP contribution is -2.24. The molecular formula is C12H13N3O2. The van der Waals surface area contributed by atoms with Crippen molar-refractivity contribution >= 4 is 11.7 Å². The number of aromatic nitrogens is 2. The normalized spacial score (nSPS) is 18.7. The first-order chi connectivity index (χ1) is 8.25. The third kappa shape index (κ3) is 1.63. The van der Waals surface area contributed by atoms with Crippen LogP contribution in [-0.4, -0.2) is 27.8 Å². The molecule has 1 aromatic heterocycles. The fourth-order valence-electron chi connectivity index (χ4n) is 2.41. The van der Waals surface area contributed by atoms with E-state index < -0.39 is 5.97 Å². The van der Waals surface area contributed by atoms with Crippen LogP contribution in [0.15, 0.2) is 23.4 Å². The Labute approximate surface area is 98.2 Å². The standard InChI is InChI=1S/C12H13N3O2/c16-12(17)8-4-7-2-1-3-10-9(6-14-15-10)11(7)13-5-8/h4,6,13H,1-3,5H2,(H,14,15)(H,16,17). The molecule has 5 nitrogen and oxygen atoms in total. The van der Waals surface area contributed by atoms with E-state index in [2.05, 4.69) is 15.5 Å². The van der Waals surface area contributed by atoms with Gasteiger partial charge in [-0.05, 0) is 30.9 Å². The van der Waals surface area contributed by atoms with Gasteiger partial charge >= 0.3 is 5.97 Å². The minimum absolute atomic E-state index is 0.374. The van der Waals surface area contributed by atoms with Crippen molar-refractivity contribution in [3.05, 3.63) is 34.7 Å². The minimum Gasteiger partial charge on any atom is -0.478 e. The number of dihydropyridines is 1. The van der Waals surface area contributed by atoms with Gasteiger partial charge in [-0.25, -0.2) is 4.79 Å². The van der Waals surface area contributed by atoms with Gasteiger partial charge in [-0.3, -0.25) is 5.10 Å². The van der Waals surface area contributed by atoms with Crippen molar-refractivity contribution < 1.29 is 9.90 Å². The summed E-state index contributed by atoms with van der Waals surface area (Å²) in [6, 6.07) is 0. The highest BCUT2D eigenvalue weighted by Gasteiger charge is 2.22. The number of carbonyl (C=O) groups is 1. The third-order valence-electron chi connectivity index (χ3n) is 3.26. The Morgan fingerprint density at radius 1 is 1.41 bits per heavy atom. The van der Waals surface area contributed by atoms with E-state index in [9.17, 15) is 4.79 Å². The number of allylic oxidation sites excluding steroid dienone is 2. The fraction of sp³-hybridized carbons (Fsp3) is 0.333. The van der Waals surface area contributed by atoms with Gasteiger partial charge in [0, 0.05) is 23.5 Å². The first-order valence-electron chi connectivity index (χ1n) is 5.69. The number of aromatic amines is 1. The van der Waals surface area contributed by atoms with Crippen LogP contribution in [0.3, 0.4) is 0 Å². The molecule has 1 aliphatic carbocycles. The Hall–Kier alpha value is -2.04. The molecule has 0 radical (unpaired) electrons. The van der Waals surface area contributed by atoms with Crippen molar-refractivity contribution in [1.29, 1.82) is 0 Å². The van der Waals surface area contributed by atoms with E-state index in [0.717, 1.165) is 41.8 Å². The predicted molar refractivity (Wildman–Crippen MR) is 62.2 cm³/mol. The van der Waals surface area contributed by atoms with Crippen LogP contribution in [-0.2, 0) is 11.2 Å². The average molecular weight is 231 g/mol. The Kier molecular flexibility index (Phi) is 2.24. The van der Waals surface area contributed by atoms with Gasteiger partial charge in [-0.1, -0.05) is 0 Å². The molecule has 1 aromatic rings. The van der Waals surface area contributed by atoms with Gasteiger partial charge in [-0.2, -0.15) is 5.10 Å². The zero-order chi connectivity index (χ0) is 11.8. The molecular weight excluding hydrogens is 218 g/mol. The molecule has 3 N–H and O–H groups in total. The number of fused-ring (bicyclic) bond motifs is 2. The molecule has 3 rings (SSSR count). The Morgan fingerprint density at radius 2 is 2.29 bits per heavy atom. The summed E-state index contributed by atoms with van der Waals surface area (Å²) in [6.07, 6.45) is 6.49. The van der Waals surface area contributed by atoms with Crippen molar-refractivity contribution in [3.63, 3.8) is 0 Å². The lowest BCUT2D eigenvalue weighted by atomic mass is 10.00. The van der Waals surface area contributed by atoms with Crippen LogP contribution in [0.2, 0.25) is 0 Å². The number of carboxylic acid groups (broad SMARTS) is 1. The summed E-state index contributed by atoms with van der Waals surface area (Å²) in [4.78, 5) is 11.0. The summed E-state index contributed by atoms with van der Waals surface area (Å²) in [5.74, 6) is -0.847. The lowest BCUT2D eigenvalue weighted by molar-refractivity contribution is -0.132. The molecule has 0 unspecified atom stereocenters. The van der Waals surface area contributed by atoms with E-state index in [1.54, 1.807) is 6.08 Å². The maximum absolute atomic E-state index is 11.0. The van der Waals surface area contributed by atoms with Crippen molar-refractivity contribution in [2.45, 2.75) is 19.3 Å². The molecule has 2 heterocycles. The molecule has 2 aliphatic rings. The quantitative estimate of drug-likeness (QED) is 0.675. The maximum Gasteiger partial charge on any atom is 0.333 e. The topological polar surface area (TPSA) is 78.0 Å². The van der Waals surface area contributed by atoms with Gasteiger partial charge in [0.2, 0.25) is 0 Å². The van der Waals surface area contributed by atoms with E-state index in [1.807, 2.05) is 6.20 Å². The lowest BCUT2D eigenvalue weighted by Gasteiger charge is -2.19. The molecule has 0 fully saturated rings. The second-order valence-corrected chi connectivity index (χ2v) is 4.34. The summed E-state index contributed by atoms with van der Waals surface area (Å²) in [5, 5.41) is 19.3. The number of hydrogen-bond donors (Lipinski definition) is 3. The van der Waals surface area contributed by atoms with E-state index in [0.29, 0.717) is 12.1 Å². The zero-order valence-corrected chi connectivity index (χ0v) is 9.29. The van der Waals surface area contributed by atoms with Crippen LogP contribution in [0.25, 0.3) is 5.70 Å². The Bertz CT molecular complexity index is 540. The van der Waals surface area contributed by atoms with Crippen molar-refractivity contribution in [1.82, 2.24) is 15.5 Å². The first-order valence-corrected chi connectivity index (χ1v) is 5.69. The van der Waals surface area contributed by atoms with Gasteiger partial charge in [0.1, 0.15) is 0 Å². The third-order valence-corrected chi connectivity index (χ3v) is 3.26. The number of aliphatic carboxylic acids is 1. The first kappa shape index (κ1) is 10.1. The van der Waals surface area contributed by atoms with E-state index in [1.165, 1.54) is 0 Å². The van der Waals surface area contributed by atoms with Crippen molar-refractivity contribution in [2.75, 3.05) is 6.54 Å². The number of nitrogens with one attached hydrogen (secondary N) is 2. The number of carboxylic acids is 1. The number of H-pyrrole nitrogens is 1. The van der Waals surface area contributed by atoms with Gasteiger partial charge in [0.05, 0.1) is 11.8 Å². The minimum atomic E-state index is -0.847.